The average Bonchev–Trinajstić information content (AvgIpc) is 2.74. The van der Waals surface area contributed by atoms with Gasteiger partial charge < -0.3 is 15.1 Å². The minimum Gasteiger partial charge on any atom is -0.473 e. The average molecular weight is 413 g/mol. The Morgan fingerprint density at radius 1 is 1.00 bits per heavy atom. The SMILES string of the molecule is CCN(C)CCSc1nc2ccccc2cc1-c1ccccc1.O=C(O)C(=O)O. The number of carboxylic acid groups (broad SMARTS) is 2. The summed E-state index contributed by atoms with van der Waals surface area (Å²) in [7, 11) is 2.16. The first kappa shape index (κ1) is 22.4. The van der Waals surface area contributed by atoms with Crippen LogP contribution in [0.3, 0.4) is 0 Å². The van der Waals surface area contributed by atoms with E-state index in [1.165, 1.54) is 16.5 Å². The number of benzene rings is 2. The molecule has 152 valence electrons. The number of carbonyl (C=O) groups is 2. The maximum absolute atomic E-state index is 9.10. The van der Waals surface area contributed by atoms with Gasteiger partial charge in [0.05, 0.1) is 5.52 Å². The third kappa shape index (κ3) is 6.89. The van der Waals surface area contributed by atoms with Crippen molar-refractivity contribution in [3.05, 3.63) is 60.7 Å². The van der Waals surface area contributed by atoms with E-state index in [-0.39, 0.29) is 0 Å². The monoisotopic (exact) mass is 412 g/mol. The highest BCUT2D eigenvalue weighted by Gasteiger charge is 2.10. The molecule has 0 radical (unpaired) electrons. The number of nitrogens with zero attached hydrogens (tertiary/aromatic N) is 2. The Labute approximate surface area is 174 Å². The Morgan fingerprint density at radius 2 is 1.62 bits per heavy atom. The van der Waals surface area contributed by atoms with Gasteiger partial charge in [0.25, 0.3) is 0 Å². The van der Waals surface area contributed by atoms with E-state index in [0.29, 0.717) is 0 Å². The van der Waals surface area contributed by atoms with E-state index in [0.717, 1.165) is 29.4 Å². The molecule has 1 heterocycles. The fourth-order valence-corrected chi connectivity index (χ4v) is 3.58. The Kier molecular flexibility index (Phi) is 8.64. The number of rotatable bonds is 6. The summed E-state index contributed by atoms with van der Waals surface area (Å²) in [5.41, 5.74) is 3.53. The van der Waals surface area contributed by atoms with Crippen LogP contribution in [0.4, 0.5) is 0 Å². The van der Waals surface area contributed by atoms with E-state index < -0.39 is 11.9 Å². The molecule has 29 heavy (non-hydrogen) atoms. The summed E-state index contributed by atoms with van der Waals surface area (Å²) >= 11 is 1.85. The van der Waals surface area contributed by atoms with Crippen LogP contribution >= 0.6 is 11.8 Å². The minimum absolute atomic E-state index is 1.05. The maximum Gasteiger partial charge on any atom is 0.414 e. The first-order valence-electron chi connectivity index (χ1n) is 9.15. The number of thioether (sulfide) groups is 1. The molecular formula is C22H24N2O4S. The van der Waals surface area contributed by atoms with Crippen molar-refractivity contribution in [2.75, 3.05) is 25.9 Å². The molecule has 0 saturated carbocycles. The number of hydrogen-bond donors (Lipinski definition) is 2. The van der Waals surface area contributed by atoms with E-state index >= 15 is 0 Å². The molecule has 0 aliphatic carbocycles. The molecule has 6 nitrogen and oxygen atoms in total. The Bertz CT molecular complexity index is 951. The summed E-state index contributed by atoms with van der Waals surface area (Å²) in [6.07, 6.45) is 0. The molecule has 0 aliphatic rings. The van der Waals surface area contributed by atoms with Crippen LogP contribution in [0.2, 0.25) is 0 Å². The van der Waals surface area contributed by atoms with Crippen LogP contribution < -0.4 is 0 Å². The molecule has 2 aromatic carbocycles. The zero-order valence-electron chi connectivity index (χ0n) is 16.4. The molecule has 0 aliphatic heterocycles. The molecule has 0 atom stereocenters. The molecule has 0 unspecified atom stereocenters. The van der Waals surface area contributed by atoms with E-state index in [9.17, 15) is 0 Å². The van der Waals surface area contributed by atoms with Crippen LogP contribution in [-0.2, 0) is 9.59 Å². The summed E-state index contributed by atoms with van der Waals surface area (Å²) in [6.45, 7) is 4.34. The van der Waals surface area contributed by atoms with Gasteiger partial charge in [0.1, 0.15) is 5.03 Å². The molecule has 0 bridgehead atoms. The van der Waals surface area contributed by atoms with Crippen molar-refractivity contribution < 1.29 is 19.8 Å². The highest BCUT2D eigenvalue weighted by atomic mass is 32.2. The highest BCUT2D eigenvalue weighted by molar-refractivity contribution is 7.99. The van der Waals surface area contributed by atoms with Crippen LogP contribution in [0.15, 0.2) is 65.7 Å². The first-order valence-corrected chi connectivity index (χ1v) is 10.1. The van der Waals surface area contributed by atoms with Crippen molar-refractivity contribution in [2.45, 2.75) is 11.9 Å². The number of pyridine rings is 1. The predicted molar refractivity (Wildman–Crippen MR) is 116 cm³/mol. The van der Waals surface area contributed by atoms with Crippen LogP contribution in [0.5, 0.6) is 0 Å². The van der Waals surface area contributed by atoms with Gasteiger partial charge in [-0.2, -0.15) is 0 Å². The van der Waals surface area contributed by atoms with Gasteiger partial charge >= 0.3 is 11.9 Å². The lowest BCUT2D eigenvalue weighted by Gasteiger charge is -2.14. The second-order valence-corrected chi connectivity index (χ2v) is 7.34. The lowest BCUT2D eigenvalue weighted by atomic mass is 10.1. The molecule has 0 fully saturated rings. The quantitative estimate of drug-likeness (QED) is 0.465. The second-order valence-electron chi connectivity index (χ2n) is 6.25. The summed E-state index contributed by atoms with van der Waals surface area (Å²) < 4.78 is 0. The highest BCUT2D eigenvalue weighted by Crippen LogP contribution is 2.32. The zero-order valence-corrected chi connectivity index (χ0v) is 17.2. The van der Waals surface area contributed by atoms with Gasteiger partial charge in [-0.05, 0) is 31.3 Å². The van der Waals surface area contributed by atoms with Gasteiger partial charge in [-0.1, -0.05) is 55.5 Å². The zero-order chi connectivity index (χ0) is 21.2. The van der Waals surface area contributed by atoms with E-state index in [1.807, 2.05) is 11.8 Å². The van der Waals surface area contributed by atoms with Crippen molar-refractivity contribution in [3.8, 4) is 11.1 Å². The molecule has 2 N–H and O–H groups in total. The number of aliphatic carboxylic acids is 2. The van der Waals surface area contributed by atoms with Crippen molar-refractivity contribution in [1.29, 1.82) is 0 Å². The van der Waals surface area contributed by atoms with Gasteiger partial charge in [-0.25, -0.2) is 14.6 Å². The topological polar surface area (TPSA) is 90.7 Å². The van der Waals surface area contributed by atoms with Crippen LogP contribution in [-0.4, -0.2) is 57.9 Å². The van der Waals surface area contributed by atoms with Crippen molar-refractivity contribution in [3.63, 3.8) is 0 Å². The van der Waals surface area contributed by atoms with E-state index in [1.54, 1.807) is 0 Å². The predicted octanol–water partition coefficient (Wildman–Crippen LogP) is 4.10. The number of aromatic nitrogens is 1. The van der Waals surface area contributed by atoms with E-state index in [4.69, 9.17) is 24.8 Å². The number of fused-ring (bicyclic) bond motifs is 1. The lowest BCUT2D eigenvalue weighted by Crippen LogP contribution is -2.20. The largest absolute Gasteiger partial charge is 0.473 e. The summed E-state index contributed by atoms with van der Waals surface area (Å²) in [4.78, 5) is 25.4. The van der Waals surface area contributed by atoms with Gasteiger partial charge in [0, 0.05) is 23.2 Å². The molecule has 1 aromatic heterocycles. The summed E-state index contributed by atoms with van der Waals surface area (Å²) in [6, 6.07) is 21.2. The summed E-state index contributed by atoms with van der Waals surface area (Å²) in [5, 5.41) is 17.1. The van der Waals surface area contributed by atoms with Gasteiger partial charge in [0.2, 0.25) is 0 Å². The van der Waals surface area contributed by atoms with Gasteiger partial charge in [-0.15, -0.1) is 11.8 Å². The van der Waals surface area contributed by atoms with Crippen LogP contribution in [0, 0.1) is 0 Å². The Morgan fingerprint density at radius 3 is 2.24 bits per heavy atom. The fourth-order valence-electron chi connectivity index (χ4n) is 2.49. The molecular weight excluding hydrogens is 388 g/mol. The third-order valence-electron chi connectivity index (χ3n) is 4.21. The fraction of sp³-hybridized carbons (Fsp3) is 0.227. The normalized spacial score (nSPS) is 10.4. The maximum atomic E-state index is 9.10. The second kappa shape index (κ2) is 11.2. The Balaban J connectivity index is 0.000000438. The Hall–Kier alpha value is -2.90. The molecule has 3 aromatic rings. The van der Waals surface area contributed by atoms with Crippen LogP contribution in [0.1, 0.15) is 6.92 Å². The molecule has 0 saturated heterocycles. The first-order chi connectivity index (χ1) is 13.9. The summed E-state index contributed by atoms with van der Waals surface area (Å²) in [5.74, 6) is -2.60. The van der Waals surface area contributed by atoms with Gasteiger partial charge in [-0.3, -0.25) is 0 Å². The smallest absolute Gasteiger partial charge is 0.414 e. The number of carboxylic acids is 2. The molecule has 3 rings (SSSR count). The number of para-hydroxylation sites is 1. The van der Waals surface area contributed by atoms with Crippen molar-refractivity contribution in [2.24, 2.45) is 0 Å². The minimum atomic E-state index is -1.82. The molecule has 0 amide bonds. The van der Waals surface area contributed by atoms with Crippen LogP contribution in [0.25, 0.3) is 22.0 Å². The lowest BCUT2D eigenvalue weighted by molar-refractivity contribution is -0.159. The van der Waals surface area contributed by atoms with Crippen molar-refractivity contribution in [1.82, 2.24) is 9.88 Å². The number of hydrogen-bond acceptors (Lipinski definition) is 5. The third-order valence-corrected chi connectivity index (χ3v) is 5.18. The molecule has 0 spiro atoms. The van der Waals surface area contributed by atoms with Crippen molar-refractivity contribution >= 4 is 34.6 Å². The molecule has 7 heteroatoms. The standard InChI is InChI=1S/C20H22N2S.C2H2O4/c1-3-22(2)13-14-23-20-18(16-9-5-4-6-10-16)15-17-11-7-8-12-19(17)21-20;3-1(4)2(5)6/h4-12,15H,3,13-14H2,1-2H3;(H,3,4)(H,5,6). The van der Waals surface area contributed by atoms with E-state index in [2.05, 4.69) is 79.5 Å². The van der Waals surface area contributed by atoms with Gasteiger partial charge in [0.15, 0.2) is 0 Å².